The maximum absolute atomic E-state index is 11.4. The number of aromatic nitrogens is 2. The predicted octanol–water partition coefficient (Wildman–Crippen LogP) is 3.44. The SMILES string of the molecule is C=Cc1ncc(CCOCCC(=O)OC(C)(C)C)cn1.CC. The van der Waals surface area contributed by atoms with Crippen LogP contribution < -0.4 is 0 Å². The van der Waals surface area contributed by atoms with Crippen LogP contribution in [-0.4, -0.2) is 34.8 Å². The first kappa shape index (κ1) is 20.2. The van der Waals surface area contributed by atoms with Gasteiger partial charge in [0.05, 0.1) is 19.6 Å². The van der Waals surface area contributed by atoms with E-state index in [0.717, 1.165) is 5.56 Å². The Kier molecular flexibility index (Phi) is 10.0. The van der Waals surface area contributed by atoms with Gasteiger partial charge in [0, 0.05) is 12.4 Å². The molecule has 124 valence electrons. The Balaban J connectivity index is 0.00000211. The molecule has 1 aromatic rings. The maximum atomic E-state index is 11.4. The Morgan fingerprint density at radius 3 is 2.32 bits per heavy atom. The van der Waals surface area contributed by atoms with E-state index in [1.54, 1.807) is 18.5 Å². The van der Waals surface area contributed by atoms with Crippen molar-refractivity contribution >= 4 is 12.0 Å². The van der Waals surface area contributed by atoms with Crippen LogP contribution in [0.15, 0.2) is 19.0 Å². The molecule has 1 rings (SSSR count). The molecule has 0 aliphatic rings. The summed E-state index contributed by atoms with van der Waals surface area (Å²) >= 11 is 0. The molecule has 0 unspecified atom stereocenters. The molecule has 5 heteroatoms. The van der Waals surface area contributed by atoms with Crippen molar-refractivity contribution in [2.75, 3.05) is 13.2 Å². The summed E-state index contributed by atoms with van der Waals surface area (Å²) in [6.45, 7) is 14.0. The first-order chi connectivity index (χ1) is 10.4. The first-order valence-corrected chi connectivity index (χ1v) is 7.63. The van der Waals surface area contributed by atoms with Gasteiger partial charge in [-0.25, -0.2) is 9.97 Å². The van der Waals surface area contributed by atoms with Gasteiger partial charge in [-0.1, -0.05) is 20.4 Å². The molecule has 0 amide bonds. The van der Waals surface area contributed by atoms with Crippen molar-refractivity contribution in [2.45, 2.75) is 53.1 Å². The molecule has 5 nitrogen and oxygen atoms in total. The third-order valence-electron chi connectivity index (χ3n) is 2.31. The lowest BCUT2D eigenvalue weighted by molar-refractivity contribution is -0.156. The van der Waals surface area contributed by atoms with E-state index in [1.165, 1.54) is 0 Å². The van der Waals surface area contributed by atoms with Crippen LogP contribution in [0.3, 0.4) is 0 Å². The minimum Gasteiger partial charge on any atom is -0.460 e. The molecule has 0 saturated carbocycles. The third-order valence-corrected chi connectivity index (χ3v) is 2.31. The molecular weight excluding hydrogens is 280 g/mol. The van der Waals surface area contributed by atoms with Crippen LogP contribution in [0.2, 0.25) is 0 Å². The zero-order valence-electron chi connectivity index (χ0n) is 14.4. The monoisotopic (exact) mass is 308 g/mol. The van der Waals surface area contributed by atoms with E-state index in [0.29, 0.717) is 25.5 Å². The van der Waals surface area contributed by atoms with Gasteiger partial charge in [0.1, 0.15) is 5.60 Å². The zero-order chi connectivity index (χ0) is 17.0. The molecule has 0 N–H and O–H groups in total. The molecular formula is C17H28N2O3. The van der Waals surface area contributed by atoms with Crippen LogP contribution in [0.25, 0.3) is 6.08 Å². The molecule has 0 saturated heterocycles. The lowest BCUT2D eigenvalue weighted by atomic mass is 10.2. The minimum absolute atomic E-state index is 0.240. The largest absolute Gasteiger partial charge is 0.460 e. The van der Waals surface area contributed by atoms with Gasteiger partial charge in [-0.2, -0.15) is 0 Å². The lowest BCUT2D eigenvalue weighted by Crippen LogP contribution is -2.24. The fourth-order valence-corrected chi connectivity index (χ4v) is 1.44. The average molecular weight is 308 g/mol. The highest BCUT2D eigenvalue weighted by Crippen LogP contribution is 2.08. The number of nitrogens with zero attached hydrogens (tertiary/aromatic N) is 2. The first-order valence-electron chi connectivity index (χ1n) is 7.63. The Morgan fingerprint density at radius 1 is 1.23 bits per heavy atom. The van der Waals surface area contributed by atoms with E-state index in [-0.39, 0.29) is 12.4 Å². The standard InChI is InChI=1S/C15H22N2O3.C2H6/c1-5-13-16-10-12(11-17-13)6-8-19-9-7-14(18)20-15(2,3)4;1-2/h5,10-11H,1,6-9H2,2-4H3;1-2H3. The van der Waals surface area contributed by atoms with Crippen molar-refractivity contribution in [3.8, 4) is 0 Å². The maximum Gasteiger partial charge on any atom is 0.308 e. The second kappa shape index (κ2) is 10.9. The number of esters is 1. The molecule has 0 fully saturated rings. The van der Waals surface area contributed by atoms with E-state index in [2.05, 4.69) is 16.5 Å². The van der Waals surface area contributed by atoms with Crippen LogP contribution in [0.5, 0.6) is 0 Å². The van der Waals surface area contributed by atoms with Crippen LogP contribution in [0.1, 0.15) is 52.4 Å². The van der Waals surface area contributed by atoms with Crippen molar-refractivity contribution in [3.05, 3.63) is 30.4 Å². The Bertz CT molecular complexity index is 436. The fourth-order valence-electron chi connectivity index (χ4n) is 1.44. The molecule has 0 radical (unpaired) electrons. The molecule has 0 bridgehead atoms. The third kappa shape index (κ3) is 10.0. The van der Waals surface area contributed by atoms with Gasteiger partial charge in [-0.05, 0) is 38.8 Å². The van der Waals surface area contributed by atoms with E-state index in [4.69, 9.17) is 9.47 Å². The fraction of sp³-hybridized carbons (Fsp3) is 0.588. The summed E-state index contributed by atoms with van der Waals surface area (Å²) in [7, 11) is 0. The predicted molar refractivity (Wildman–Crippen MR) is 88.5 cm³/mol. The Labute approximate surface area is 133 Å². The quantitative estimate of drug-likeness (QED) is 0.570. The van der Waals surface area contributed by atoms with Crippen molar-refractivity contribution in [1.29, 1.82) is 0 Å². The summed E-state index contributed by atoms with van der Waals surface area (Å²) < 4.78 is 10.6. The molecule has 1 aromatic heterocycles. The summed E-state index contributed by atoms with van der Waals surface area (Å²) in [5.74, 6) is 0.371. The van der Waals surface area contributed by atoms with E-state index < -0.39 is 5.60 Å². The smallest absolute Gasteiger partial charge is 0.308 e. The van der Waals surface area contributed by atoms with Gasteiger partial charge in [0.15, 0.2) is 5.82 Å². The molecule has 0 spiro atoms. The minimum atomic E-state index is -0.443. The van der Waals surface area contributed by atoms with E-state index >= 15 is 0 Å². The lowest BCUT2D eigenvalue weighted by Gasteiger charge is -2.19. The summed E-state index contributed by atoms with van der Waals surface area (Å²) in [5.41, 5.74) is 0.550. The number of rotatable bonds is 7. The summed E-state index contributed by atoms with van der Waals surface area (Å²) in [6, 6.07) is 0. The van der Waals surface area contributed by atoms with Crippen LogP contribution >= 0.6 is 0 Å². The summed E-state index contributed by atoms with van der Waals surface area (Å²) in [4.78, 5) is 19.6. The van der Waals surface area contributed by atoms with Gasteiger partial charge >= 0.3 is 5.97 Å². The summed E-state index contributed by atoms with van der Waals surface area (Å²) in [5, 5.41) is 0. The summed E-state index contributed by atoms with van der Waals surface area (Å²) in [6.07, 6.45) is 6.08. The van der Waals surface area contributed by atoms with Crippen molar-refractivity contribution in [2.24, 2.45) is 0 Å². The van der Waals surface area contributed by atoms with E-state index in [1.807, 2.05) is 34.6 Å². The van der Waals surface area contributed by atoms with Gasteiger partial charge in [-0.3, -0.25) is 4.79 Å². The van der Waals surface area contributed by atoms with Gasteiger partial charge in [0.2, 0.25) is 0 Å². The highest BCUT2D eigenvalue weighted by Gasteiger charge is 2.15. The van der Waals surface area contributed by atoms with E-state index in [9.17, 15) is 4.79 Å². The molecule has 0 aliphatic carbocycles. The molecule has 1 heterocycles. The number of hydrogen-bond acceptors (Lipinski definition) is 5. The van der Waals surface area contributed by atoms with Gasteiger partial charge < -0.3 is 9.47 Å². The topological polar surface area (TPSA) is 61.3 Å². The second-order valence-corrected chi connectivity index (χ2v) is 5.35. The molecule has 22 heavy (non-hydrogen) atoms. The second-order valence-electron chi connectivity index (χ2n) is 5.35. The van der Waals surface area contributed by atoms with Crippen molar-refractivity contribution in [1.82, 2.24) is 9.97 Å². The molecule has 0 atom stereocenters. The van der Waals surface area contributed by atoms with Crippen molar-refractivity contribution in [3.63, 3.8) is 0 Å². The zero-order valence-corrected chi connectivity index (χ0v) is 14.4. The highest BCUT2D eigenvalue weighted by atomic mass is 16.6. The Morgan fingerprint density at radius 2 is 1.82 bits per heavy atom. The molecule has 0 aliphatic heterocycles. The average Bonchev–Trinajstić information content (AvgIpc) is 2.48. The Hall–Kier alpha value is -1.75. The number of hydrogen-bond donors (Lipinski definition) is 0. The van der Waals surface area contributed by atoms with Gasteiger partial charge in [-0.15, -0.1) is 0 Å². The van der Waals surface area contributed by atoms with Crippen molar-refractivity contribution < 1.29 is 14.3 Å². The number of carbonyl (C=O) groups is 1. The number of ether oxygens (including phenoxy) is 2. The normalized spacial score (nSPS) is 10.4. The van der Waals surface area contributed by atoms with Crippen LogP contribution in [0, 0.1) is 0 Å². The van der Waals surface area contributed by atoms with Gasteiger partial charge in [0.25, 0.3) is 0 Å². The molecule has 0 aromatic carbocycles. The highest BCUT2D eigenvalue weighted by molar-refractivity contribution is 5.69. The van der Waals surface area contributed by atoms with Crippen LogP contribution in [0.4, 0.5) is 0 Å². The number of carbonyl (C=O) groups excluding carboxylic acids is 1. The van der Waals surface area contributed by atoms with Crippen LogP contribution in [-0.2, 0) is 20.7 Å².